The third kappa shape index (κ3) is 6.52. The Labute approximate surface area is 138 Å². The lowest BCUT2D eigenvalue weighted by Gasteiger charge is -2.26. The lowest BCUT2D eigenvalue weighted by Crippen LogP contribution is -2.41. The van der Waals surface area contributed by atoms with Gasteiger partial charge in [-0.25, -0.2) is 4.98 Å². The summed E-state index contributed by atoms with van der Waals surface area (Å²) < 4.78 is 5.30. The Hall–Kier alpha value is -1.70. The molecule has 7 nitrogen and oxygen atoms in total. The fourth-order valence-corrected chi connectivity index (χ4v) is 2.30. The van der Waals surface area contributed by atoms with Gasteiger partial charge in [-0.05, 0) is 26.2 Å². The van der Waals surface area contributed by atoms with Gasteiger partial charge in [-0.2, -0.15) is 0 Å². The van der Waals surface area contributed by atoms with Gasteiger partial charge in [-0.1, -0.05) is 0 Å². The van der Waals surface area contributed by atoms with E-state index in [0.29, 0.717) is 12.2 Å². The Balaban J connectivity index is 1.69. The summed E-state index contributed by atoms with van der Waals surface area (Å²) in [6.45, 7) is 6.69. The number of hydrogen-bond donors (Lipinski definition) is 2. The topological polar surface area (TPSA) is 69.7 Å². The van der Waals surface area contributed by atoms with Gasteiger partial charge in [0, 0.05) is 39.3 Å². The molecule has 128 valence electrons. The molecule has 0 unspecified atom stereocenters. The fraction of sp³-hybridized carbons (Fsp3) is 0.625. The molecule has 1 aliphatic rings. The second-order valence-electron chi connectivity index (χ2n) is 5.87. The average molecular weight is 321 g/mol. The van der Waals surface area contributed by atoms with E-state index in [1.54, 1.807) is 12.3 Å². The van der Waals surface area contributed by atoms with E-state index < -0.39 is 0 Å². The number of nitrogens with zero attached hydrogens (tertiary/aromatic N) is 3. The predicted octanol–water partition coefficient (Wildman–Crippen LogP) is 0.117. The number of pyridine rings is 1. The smallest absolute Gasteiger partial charge is 0.269 e. The van der Waals surface area contributed by atoms with Gasteiger partial charge in [0.2, 0.25) is 0 Å². The van der Waals surface area contributed by atoms with Crippen LogP contribution in [0.1, 0.15) is 10.5 Å². The van der Waals surface area contributed by atoms with E-state index in [2.05, 4.69) is 25.4 Å². The number of aromatic nitrogens is 1. The number of anilines is 1. The van der Waals surface area contributed by atoms with Crippen LogP contribution in [-0.4, -0.2) is 87.3 Å². The zero-order valence-corrected chi connectivity index (χ0v) is 14.0. The van der Waals surface area contributed by atoms with Crippen molar-refractivity contribution in [2.24, 2.45) is 0 Å². The van der Waals surface area contributed by atoms with E-state index in [4.69, 9.17) is 4.74 Å². The van der Waals surface area contributed by atoms with E-state index in [-0.39, 0.29) is 5.91 Å². The van der Waals surface area contributed by atoms with Crippen LogP contribution in [0.5, 0.6) is 0 Å². The molecule has 23 heavy (non-hydrogen) atoms. The summed E-state index contributed by atoms with van der Waals surface area (Å²) in [7, 11) is 4.06. The fourth-order valence-electron chi connectivity index (χ4n) is 2.30. The largest absolute Gasteiger partial charge is 0.383 e. The van der Waals surface area contributed by atoms with Crippen LogP contribution in [0.25, 0.3) is 0 Å². The van der Waals surface area contributed by atoms with E-state index in [1.165, 1.54) is 0 Å². The summed E-state index contributed by atoms with van der Waals surface area (Å²) in [5.74, 6) is -0.127. The molecule has 0 aromatic carbocycles. The number of rotatable bonds is 8. The summed E-state index contributed by atoms with van der Waals surface area (Å²) in [5.41, 5.74) is 1.38. The zero-order valence-electron chi connectivity index (χ0n) is 14.0. The van der Waals surface area contributed by atoms with Gasteiger partial charge in [0.25, 0.3) is 5.91 Å². The molecule has 1 fully saturated rings. The first-order valence-electron chi connectivity index (χ1n) is 8.08. The van der Waals surface area contributed by atoms with Crippen LogP contribution >= 0.6 is 0 Å². The van der Waals surface area contributed by atoms with Crippen molar-refractivity contribution < 1.29 is 9.53 Å². The van der Waals surface area contributed by atoms with E-state index >= 15 is 0 Å². The van der Waals surface area contributed by atoms with Crippen molar-refractivity contribution in [3.05, 3.63) is 24.0 Å². The van der Waals surface area contributed by atoms with E-state index in [1.807, 2.05) is 20.2 Å². The van der Waals surface area contributed by atoms with Crippen molar-refractivity contribution in [2.75, 3.05) is 71.9 Å². The van der Waals surface area contributed by atoms with Gasteiger partial charge in [0.05, 0.1) is 25.1 Å². The van der Waals surface area contributed by atoms with E-state index in [0.717, 1.165) is 51.6 Å². The molecule has 2 N–H and O–H groups in total. The normalized spacial score (nSPS) is 15.6. The summed E-state index contributed by atoms with van der Waals surface area (Å²) in [6.07, 6.45) is 1.70. The molecule has 2 heterocycles. The highest BCUT2D eigenvalue weighted by molar-refractivity contribution is 5.92. The second kappa shape index (κ2) is 9.44. The highest BCUT2D eigenvalue weighted by Crippen LogP contribution is 2.05. The molecule has 0 radical (unpaired) electrons. The first-order chi connectivity index (χ1) is 11.1. The molecule has 1 aromatic heterocycles. The van der Waals surface area contributed by atoms with Crippen LogP contribution in [0.4, 0.5) is 5.69 Å². The molecular weight excluding hydrogens is 294 g/mol. The SMILES string of the molecule is CN(C)CCNc1ccc(C(=O)NCCN2CCOCC2)nc1. The van der Waals surface area contributed by atoms with Gasteiger partial charge >= 0.3 is 0 Å². The van der Waals surface area contributed by atoms with Crippen molar-refractivity contribution in [1.29, 1.82) is 0 Å². The van der Waals surface area contributed by atoms with E-state index in [9.17, 15) is 4.79 Å². The number of carbonyl (C=O) groups is 1. The standard InChI is InChI=1S/C16H27N5O2/c1-20(2)7-5-17-14-3-4-15(19-13-14)16(22)18-6-8-21-9-11-23-12-10-21/h3-4,13,17H,5-12H2,1-2H3,(H,18,22). The summed E-state index contributed by atoms with van der Waals surface area (Å²) >= 11 is 0. The molecule has 7 heteroatoms. The molecule has 0 saturated carbocycles. The lowest BCUT2D eigenvalue weighted by molar-refractivity contribution is 0.0383. The quantitative estimate of drug-likeness (QED) is 0.709. The minimum Gasteiger partial charge on any atom is -0.383 e. The Morgan fingerprint density at radius 1 is 1.30 bits per heavy atom. The zero-order chi connectivity index (χ0) is 16.5. The van der Waals surface area contributed by atoms with Crippen LogP contribution in [-0.2, 0) is 4.74 Å². The molecule has 1 saturated heterocycles. The van der Waals surface area contributed by atoms with Crippen molar-refractivity contribution in [3.63, 3.8) is 0 Å². The maximum absolute atomic E-state index is 12.1. The molecule has 0 atom stereocenters. The molecule has 0 spiro atoms. The minimum atomic E-state index is -0.127. The monoisotopic (exact) mass is 321 g/mol. The number of hydrogen-bond acceptors (Lipinski definition) is 6. The number of likely N-dealkylation sites (N-methyl/N-ethyl adjacent to an activating group) is 1. The van der Waals surface area contributed by atoms with Gasteiger partial charge in [0.1, 0.15) is 5.69 Å². The Bertz CT molecular complexity index is 472. The molecule has 1 aliphatic heterocycles. The van der Waals surface area contributed by atoms with Crippen LogP contribution < -0.4 is 10.6 Å². The van der Waals surface area contributed by atoms with Crippen molar-refractivity contribution in [3.8, 4) is 0 Å². The Morgan fingerprint density at radius 3 is 2.74 bits per heavy atom. The summed E-state index contributed by atoms with van der Waals surface area (Å²) in [6, 6.07) is 3.64. The number of carbonyl (C=O) groups excluding carboxylic acids is 1. The number of amides is 1. The molecule has 1 aromatic rings. The minimum absolute atomic E-state index is 0.127. The van der Waals surface area contributed by atoms with Crippen molar-refractivity contribution >= 4 is 11.6 Å². The van der Waals surface area contributed by atoms with Gasteiger partial charge in [-0.3, -0.25) is 9.69 Å². The lowest BCUT2D eigenvalue weighted by atomic mass is 10.3. The Morgan fingerprint density at radius 2 is 2.09 bits per heavy atom. The molecule has 0 bridgehead atoms. The number of morpholine rings is 1. The molecule has 0 aliphatic carbocycles. The number of nitrogens with one attached hydrogen (secondary N) is 2. The van der Waals surface area contributed by atoms with Crippen molar-refractivity contribution in [2.45, 2.75) is 0 Å². The number of ether oxygens (including phenoxy) is 1. The maximum atomic E-state index is 12.1. The predicted molar refractivity (Wildman–Crippen MR) is 90.9 cm³/mol. The van der Waals surface area contributed by atoms with Crippen LogP contribution in [0.15, 0.2) is 18.3 Å². The third-order valence-corrected chi connectivity index (χ3v) is 3.70. The second-order valence-corrected chi connectivity index (χ2v) is 5.87. The third-order valence-electron chi connectivity index (χ3n) is 3.70. The maximum Gasteiger partial charge on any atom is 0.269 e. The van der Waals surface area contributed by atoms with Crippen LogP contribution in [0.2, 0.25) is 0 Å². The summed E-state index contributed by atoms with van der Waals surface area (Å²) in [5, 5.41) is 6.19. The van der Waals surface area contributed by atoms with Crippen LogP contribution in [0, 0.1) is 0 Å². The van der Waals surface area contributed by atoms with Gasteiger partial charge in [-0.15, -0.1) is 0 Å². The van der Waals surface area contributed by atoms with Gasteiger partial charge < -0.3 is 20.3 Å². The van der Waals surface area contributed by atoms with Crippen LogP contribution in [0.3, 0.4) is 0 Å². The molecule has 2 rings (SSSR count). The van der Waals surface area contributed by atoms with Crippen molar-refractivity contribution in [1.82, 2.24) is 20.1 Å². The molecular formula is C16H27N5O2. The molecule has 1 amide bonds. The highest BCUT2D eigenvalue weighted by Gasteiger charge is 2.11. The summed E-state index contributed by atoms with van der Waals surface area (Å²) in [4.78, 5) is 20.7. The van der Waals surface area contributed by atoms with Gasteiger partial charge in [0.15, 0.2) is 0 Å². The first kappa shape index (κ1) is 17.7. The first-order valence-corrected chi connectivity index (χ1v) is 8.08. The Kier molecular flexibility index (Phi) is 7.25. The highest BCUT2D eigenvalue weighted by atomic mass is 16.5. The average Bonchev–Trinajstić information content (AvgIpc) is 2.56.